The van der Waals surface area contributed by atoms with Crippen molar-refractivity contribution in [1.82, 2.24) is 0 Å². The van der Waals surface area contributed by atoms with E-state index >= 15 is 0 Å². The number of aliphatic imine (C=N–C) groups is 1. The van der Waals surface area contributed by atoms with Gasteiger partial charge < -0.3 is 14.2 Å². The molecular weight excluding hydrogens is 623 g/mol. The minimum absolute atomic E-state index is 0.0196. The molecular formula is C31H23IN2O6. The molecule has 40 heavy (non-hydrogen) atoms. The molecule has 0 N–H and O–H groups in total. The second kappa shape index (κ2) is 12.1. The van der Waals surface area contributed by atoms with Gasteiger partial charge >= 0.3 is 5.97 Å². The van der Waals surface area contributed by atoms with Crippen molar-refractivity contribution in [1.29, 1.82) is 0 Å². The number of hydrogen-bond donors (Lipinski definition) is 0. The van der Waals surface area contributed by atoms with Gasteiger partial charge in [-0.15, -0.1) is 0 Å². The number of carbonyl (C=O) groups is 1. The monoisotopic (exact) mass is 646 g/mol. The van der Waals surface area contributed by atoms with E-state index in [0.29, 0.717) is 29.2 Å². The number of carbonyl (C=O) groups excluding carboxylic acids is 1. The normalized spacial score (nSPS) is 13.6. The highest BCUT2D eigenvalue weighted by atomic mass is 127. The van der Waals surface area contributed by atoms with E-state index in [1.807, 2.05) is 67.6 Å². The van der Waals surface area contributed by atoms with Crippen LogP contribution < -0.4 is 9.47 Å². The molecule has 0 atom stereocenters. The standard InChI is InChI=1S/C31H23IN2O6/c1-2-38-28-18-21(16-26(32)29(28)39-19-20-8-14-25(15-9-20)34(36)37)17-27-31(35)40-30(33-27)24-12-10-23(11-13-24)22-6-4-3-5-7-22/h3-18H,2,19H2,1H3/b27-17-. The molecule has 1 heterocycles. The van der Waals surface area contributed by atoms with Crippen LogP contribution in [0.5, 0.6) is 11.5 Å². The van der Waals surface area contributed by atoms with Gasteiger partial charge in [0.25, 0.3) is 5.69 Å². The Hall–Kier alpha value is -4.51. The number of esters is 1. The van der Waals surface area contributed by atoms with Crippen LogP contribution in [-0.4, -0.2) is 23.4 Å². The van der Waals surface area contributed by atoms with E-state index in [1.54, 1.807) is 24.3 Å². The zero-order valence-electron chi connectivity index (χ0n) is 21.4. The van der Waals surface area contributed by atoms with E-state index in [9.17, 15) is 14.9 Å². The number of cyclic esters (lactones) is 1. The third kappa shape index (κ3) is 6.20. The second-order valence-electron chi connectivity index (χ2n) is 8.75. The Morgan fingerprint density at radius 1 is 0.925 bits per heavy atom. The summed E-state index contributed by atoms with van der Waals surface area (Å²) in [6.45, 7) is 2.48. The quantitative estimate of drug-likeness (QED) is 0.0628. The van der Waals surface area contributed by atoms with Crippen LogP contribution in [0.3, 0.4) is 0 Å². The average molecular weight is 646 g/mol. The molecule has 0 amide bonds. The topological polar surface area (TPSA) is 100 Å². The molecule has 0 fully saturated rings. The molecule has 8 nitrogen and oxygen atoms in total. The summed E-state index contributed by atoms with van der Waals surface area (Å²) >= 11 is 2.15. The molecule has 0 saturated heterocycles. The van der Waals surface area contributed by atoms with E-state index in [2.05, 4.69) is 27.6 Å². The summed E-state index contributed by atoms with van der Waals surface area (Å²) in [6, 6.07) is 27.5. The first-order valence-electron chi connectivity index (χ1n) is 12.4. The Morgan fingerprint density at radius 2 is 1.60 bits per heavy atom. The van der Waals surface area contributed by atoms with E-state index < -0.39 is 10.9 Å². The molecule has 9 heteroatoms. The van der Waals surface area contributed by atoms with Crippen molar-refractivity contribution in [3.8, 4) is 22.6 Å². The van der Waals surface area contributed by atoms with Gasteiger partial charge in [-0.2, -0.15) is 0 Å². The molecule has 0 saturated carbocycles. The summed E-state index contributed by atoms with van der Waals surface area (Å²) in [5.41, 5.74) is 4.54. The molecule has 0 radical (unpaired) electrons. The Bertz CT molecular complexity index is 1610. The van der Waals surface area contributed by atoms with Crippen molar-refractivity contribution in [3.05, 3.63) is 127 Å². The molecule has 5 rings (SSSR count). The van der Waals surface area contributed by atoms with Crippen LogP contribution in [0, 0.1) is 13.7 Å². The molecule has 4 aromatic rings. The summed E-state index contributed by atoms with van der Waals surface area (Å²) < 4.78 is 18.1. The van der Waals surface area contributed by atoms with Crippen LogP contribution in [0.15, 0.2) is 102 Å². The van der Waals surface area contributed by atoms with Gasteiger partial charge in [0, 0.05) is 17.7 Å². The number of hydrogen-bond acceptors (Lipinski definition) is 7. The smallest absolute Gasteiger partial charge is 0.363 e. The van der Waals surface area contributed by atoms with Crippen LogP contribution in [0.25, 0.3) is 17.2 Å². The number of rotatable bonds is 9. The molecule has 0 aromatic heterocycles. The van der Waals surface area contributed by atoms with Crippen LogP contribution in [0.1, 0.15) is 23.6 Å². The zero-order chi connectivity index (χ0) is 28.1. The number of ether oxygens (including phenoxy) is 3. The molecule has 4 aromatic carbocycles. The number of halogens is 1. The first-order valence-corrected chi connectivity index (χ1v) is 13.5. The summed E-state index contributed by atoms with van der Waals surface area (Å²) in [5, 5.41) is 10.9. The lowest BCUT2D eigenvalue weighted by molar-refractivity contribution is -0.384. The van der Waals surface area contributed by atoms with Gasteiger partial charge in [-0.25, -0.2) is 9.79 Å². The second-order valence-corrected chi connectivity index (χ2v) is 9.92. The molecule has 0 spiro atoms. The predicted octanol–water partition coefficient (Wildman–Crippen LogP) is 7.19. The van der Waals surface area contributed by atoms with Gasteiger partial charge in [0.1, 0.15) is 6.61 Å². The lowest BCUT2D eigenvalue weighted by Gasteiger charge is -2.15. The SMILES string of the molecule is CCOc1cc(/C=C2\N=C(c3ccc(-c4ccccc4)cc3)OC2=O)cc(I)c1OCc1ccc([N+](=O)[O-])cc1. The molecule has 1 aliphatic rings. The average Bonchev–Trinajstić information content (AvgIpc) is 3.33. The largest absolute Gasteiger partial charge is 0.490 e. The highest BCUT2D eigenvalue weighted by molar-refractivity contribution is 14.1. The molecule has 200 valence electrons. The van der Waals surface area contributed by atoms with Crippen molar-refractivity contribution in [2.24, 2.45) is 4.99 Å². The maximum Gasteiger partial charge on any atom is 0.363 e. The van der Waals surface area contributed by atoms with E-state index in [-0.39, 0.29) is 23.9 Å². The number of nitro benzene ring substituents is 1. The summed E-state index contributed by atoms with van der Waals surface area (Å²) in [6.07, 6.45) is 1.65. The van der Waals surface area contributed by atoms with Crippen molar-refractivity contribution in [3.63, 3.8) is 0 Å². The summed E-state index contributed by atoms with van der Waals surface area (Å²) in [4.78, 5) is 27.5. The van der Waals surface area contributed by atoms with Crippen LogP contribution in [0.4, 0.5) is 5.69 Å². The summed E-state index contributed by atoms with van der Waals surface area (Å²) in [7, 11) is 0. The third-order valence-electron chi connectivity index (χ3n) is 6.02. The highest BCUT2D eigenvalue weighted by Crippen LogP contribution is 2.36. The lowest BCUT2D eigenvalue weighted by atomic mass is 10.0. The van der Waals surface area contributed by atoms with Gasteiger partial charge in [0.05, 0.1) is 15.1 Å². The fourth-order valence-electron chi connectivity index (χ4n) is 4.07. The number of nitro groups is 1. The van der Waals surface area contributed by atoms with Crippen LogP contribution in [0.2, 0.25) is 0 Å². The van der Waals surface area contributed by atoms with Crippen molar-refractivity contribution >= 4 is 46.2 Å². The Kier molecular flexibility index (Phi) is 8.20. The van der Waals surface area contributed by atoms with E-state index in [4.69, 9.17) is 14.2 Å². The molecule has 0 unspecified atom stereocenters. The van der Waals surface area contributed by atoms with Crippen molar-refractivity contribution in [2.45, 2.75) is 13.5 Å². The molecule has 0 aliphatic carbocycles. The van der Waals surface area contributed by atoms with Crippen LogP contribution in [-0.2, 0) is 16.1 Å². The lowest BCUT2D eigenvalue weighted by Crippen LogP contribution is -2.05. The first kappa shape index (κ1) is 27.1. The minimum atomic E-state index is -0.534. The van der Waals surface area contributed by atoms with Gasteiger partial charge in [-0.3, -0.25) is 10.1 Å². The fourth-order valence-corrected chi connectivity index (χ4v) is 4.85. The van der Waals surface area contributed by atoms with Gasteiger partial charge in [-0.1, -0.05) is 42.5 Å². The first-order chi connectivity index (χ1) is 19.4. The number of benzene rings is 4. The molecule has 1 aliphatic heterocycles. The highest BCUT2D eigenvalue weighted by Gasteiger charge is 2.24. The predicted molar refractivity (Wildman–Crippen MR) is 160 cm³/mol. The number of nitrogens with zero attached hydrogens (tertiary/aromatic N) is 2. The Morgan fingerprint density at radius 3 is 2.27 bits per heavy atom. The van der Waals surface area contributed by atoms with Crippen molar-refractivity contribution < 1.29 is 23.9 Å². The Balaban J connectivity index is 1.36. The fraction of sp³-hybridized carbons (Fsp3) is 0.0968. The minimum Gasteiger partial charge on any atom is -0.490 e. The van der Waals surface area contributed by atoms with Gasteiger partial charge in [0.2, 0.25) is 5.90 Å². The summed E-state index contributed by atoms with van der Waals surface area (Å²) in [5.74, 6) is 0.766. The zero-order valence-corrected chi connectivity index (χ0v) is 23.5. The van der Waals surface area contributed by atoms with Gasteiger partial charge in [0.15, 0.2) is 17.2 Å². The van der Waals surface area contributed by atoms with Crippen molar-refractivity contribution in [2.75, 3.05) is 6.61 Å². The van der Waals surface area contributed by atoms with E-state index in [1.165, 1.54) is 12.1 Å². The maximum atomic E-state index is 12.6. The molecule has 0 bridgehead atoms. The van der Waals surface area contributed by atoms with Crippen LogP contribution >= 0.6 is 22.6 Å². The number of non-ortho nitro benzene ring substituents is 1. The Labute approximate surface area is 244 Å². The maximum absolute atomic E-state index is 12.6. The van der Waals surface area contributed by atoms with E-state index in [0.717, 1.165) is 20.3 Å². The van der Waals surface area contributed by atoms with Gasteiger partial charge in [-0.05, 0) is 94.2 Å². The third-order valence-corrected chi connectivity index (χ3v) is 6.83.